The van der Waals surface area contributed by atoms with Gasteiger partial charge in [0.1, 0.15) is 15.9 Å². The molecular weight excluding hydrogens is 228 g/mol. The van der Waals surface area contributed by atoms with E-state index in [4.69, 9.17) is 5.11 Å². The summed E-state index contributed by atoms with van der Waals surface area (Å²) in [6.07, 6.45) is -0.675. The van der Waals surface area contributed by atoms with E-state index in [1.807, 2.05) is 0 Å². The molecule has 0 aromatic heterocycles. The van der Waals surface area contributed by atoms with Crippen molar-refractivity contribution in [2.24, 2.45) is 0 Å². The molecule has 0 bridgehead atoms. The minimum atomic E-state index is -4.33. The van der Waals surface area contributed by atoms with Gasteiger partial charge in [-0.3, -0.25) is 4.31 Å². The van der Waals surface area contributed by atoms with Gasteiger partial charge in [-0.05, 0) is 0 Å². The molecular formula is C2H6Na2O6P2. The van der Waals surface area contributed by atoms with Crippen LogP contribution in [0.4, 0.5) is 0 Å². The van der Waals surface area contributed by atoms with Gasteiger partial charge < -0.3 is 24.0 Å². The Kier molecular flexibility index (Phi) is 16.2. The summed E-state index contributed by atoms with van der Waals surface area (Å²) in [5.41, 5.74) is 0. The second-order valence-electron chi connectivity index (χ2n) is 1.40. The summed E-state index contributed by atoms with van der Waals surface area (Å²) in [4.78, 5) is 20.0. The summed E-state index contributed by atoms with van der Waals surface area (Å²) in [5, 5.41) is 8.07. The maximum atomic E-state index is 10.3. The molecule has 12 heavy (non-hydrogen) atoms. The van der Waals surface area contributed by atoms with Gasteiger partial charge in [0, 0.05) is 6.16 Å². The Hall–Kier alpha value is 2.30. The van der Waals surface area contributed by atoms with Crippen LogP contribution in [0.25, 0.3) is 0 Å². The van der Waals surface area contributed by atoms with Crippen molar-refractivity contribution in [1.82, 2.24) is 0 Å². The molecule has 0 aliphatic carbocycles. The first-order chi connectivity index (χ1) is 4.48. The van der Waals surface area contributed by atoms with Gasteiger partial charge in [0.05, 0.1) is 6.61 Å². The molecule has 2 atom stereocenters. The SMILES string of the molecule is O=[PH]([O-])OP(=O)([O-])CCO.[Na+].[Na+]. The maximum absolute atomic E-state index is 10.3. The zero-order chi connectivity index (χ0) is 8.20. The predicted molar refractivity (Wildman–Crippen MR) is 29.6 cm³/mol. The molecule has 0 spiro atoms. The molecule has 1 N–H and O–H groups in total. The maximum Gasteiger partial charge on any atom is 1.00 e. The smallest absolute Gasteiger partial charge is 0.781 e. The van der Waals surface area contributed by atoms with Crippen molar-refractivity contribution >= 4 is 15.9 Å². The molecule has 0 aliphatic rings. The van der Waals surface area contributed by atoms with E-state index >= 15 is 0 Å². The topological polar surface area (TPSA) is 110 Å². The fraction of sp³-hybridized carbons (Fsp3) is 1.00. The quantitative estimate of drug-likeness (QED) is 0.382. The molecule has 10 heteroatoms. The molecule has 0 rings (SSSR count). The Balaban J connectivity index is -0.000000405. The van der Waals surface area contributed by atoms with Gasteiger partial charge in [-0.15, -0.1) is 0 Å². The Morgan fingerprint density at radius 2 is 1.92 bits per heavy atom. The number of hydrogen-bond acceptors (Lipinski definition) is 6. The van der Waals surface area contributed by atoms with Crippen LogP contribution in [-0.2, 0) is 13.4 Å². The molecule has 0 heterocycles. The summed E-state index contributed by atoms with van der Waals surface area (Å²) in [6.45, 7) is -0.643. The Morgan fingerprint density at radius 1 is 1.50 bits per heavy atom. The second-order valence-corrected chi connectivity index (χ2v) is 4.30. The largest absolute Gasteiger partial charge is 1.00 e. The van der Waals surface area contributed by atoms with Gasteiger partial charge in [0.2, 0.25) is 0 Å². The summed E-state index contributed by atoms with van der Waals surface area (Å²) >= 11 is 0. The zero-order valence-electron chi connectivity index (χ0n) is 6.85. The third-order valence-corrected chi connectivity index (χ3v) is 3.04. The zero-order valence-corrected chi connectivity index (χ0v) is 12.7. The first-order valence-corrected chi connectivity index (χ1v) is 5.25. The van der Waals surface area contributed by atoms with E-state index < -0.39 is 28.6 Å². The van der Waals surface area contributed by atoms with Crippen molar-refractivity contribution in [3.8, 4) is 0 Å². The van der Waals surface area contributed by atoms with Gasteiger partial charge in [-0.1, -0.05) is 0 Å². The molecule has 0 aliphatic heterocycles. The molecule has 0 fully saturated rings. The molecule has 0 radical (unpaired) electrons. The van der Waals surface area contributed by atoms with Crippen LogP contribution in [0.1, 0.15) is 0 Å². The fourth-order valence-corrected chi connectivity index (χ4v) is 1.80. The van der Waals surface area contributed by atoms with E-state index in [2.05, 4.69) is 4.31 Å². The van der Waals surface area contributed by atoms with E-state index in [9.17, 15) is 18.9 Å². The second kappa shape index (κ2) is 9.84. The number of rotatable bonds is 4. The first-order valence-electron chi connectivity index (χ1n) is 2.29. The van der Waals surface area contributed by atoms with Crippen molar-refractivity contribution in [3.63, 3.8) is 0 Å². The summed E-state index contributed by atoms with van der Waals surface area (Å²) in [6, 6.07) is 0. The van der Waals surface area contributed by atoms with Crippen molar-refractivity contribution < 1.29 is 87.4 Å². The van der Waals surface area contributed by atoms with Crippen LogP contribution in [0.2, 0.25) is 0 Å². The molecule has 0 amide bonds. The molecule has 0 saturated heterocycles. The number of aliphatic hydroxyl groups excluding tert-OH is 1. The van der Waals surface area contributed by atoms with Crippen molar-refractivity contribution in [2.75, 3.05) is 12.8 Å². The van der Waals surface area contributed by atoms with Crippen LogP contribution in [0.5, 0.6) is 0 Å². The van der Waals surface area contributed by atoms with Gasteiger partial charge in [-0.2, -0.15) is 0 Å². The number of hydrogen-bond donors (Lipinski definition) is 1. The van der Waals surface area contributed by atoms with Crippen molar-refractivity contribution in [1.29, 1.82) is 0 Å². The molecule has 0 aromatic rings. The van der Waals surface area contributed by atoms with Gasteiger partial charge in [-0.25, -0.2) is 0 Å². The molecule has 2 unspecified atom stereocenters. The van der Waals surface area contributed by atoms with Crippen LogP contribution in [0.3, 0.4) is 0 Å². The average molecular weight is 234 g/mol. The van der Waals surface area contributed by atoms with Gasteiger partial charge >= 0.3 is 59.1 Å². The normalized spacial score (nSPS) is 16.6. The van der Waals surface area contributed by atoms with E-state index in [0.29, 0.717) is 0 Å². The van der Waals surface area contributed by atoms with Crippen LogP contribution in [-0.4, -0.2) is 17.9 Å². The van der Waals surface area contributed by atoms with Crippen LogP contribution >= 0.6 is 15.9 Å². The minimum Gasteiger partial charge on any atom is -0.781 e. The Bertz CT molecular complexity index is 173. The van der Waals surface area contributed by atoms with E-state index in [1.165, 1.54) is 0 Å². The van der Waals surface area contributed by atoms with Crippen LogP contribution < -0.4 is 68.9 Å². The molecule has 62 valence electrons. The van der Waals surface area contributed by atoms with Gasteiger partial charge in [0.25, 0.3) is 0 Å². The van der Waals surface area contributed by atoms with E-state index in [1.54, 1.807) is 0 Å². The Labute approximate surface area is 115 Å². The third kappa shape index (κ3) is 12.3. The average Bonchev–Trinajstić information content (AvgIpc) is 1.59. The van der Waals surface area contributed by atoms with E-state index in [0.717, 1.165) is 0 Å². The van der Waals surface area contributed by atoms with E-state index in [-0.39, 0.29) is 59.1 Å². The predicted octanol–water partition coefficient (Wildman–Crippen LogP) is -7.69. The third-order valence-electron chi connectivity index (χ3n) is 0.587. The summed E-state index contributed by atoms with van der Waals surface area (Å²) in [5.74, 6) is 0. The Morgan fingerprint density at radius 3 is 2.17 bits per heavy atom. The van der Waals surface area contributed by atoms with Crippen LogP contribution in [0, 0.1) is 0 Å². The minimum absolute atomic E-state index is 0. The first kappa shape index (κ1) is 19.8. The molecule has 6 nitrogen and oxygen atoms in total. The van der Waals surface area contributed by atoms with Gasteiger partial charge in [0.15, 0.2) is 0 Å². The summed E-state index contributed by atoms with van der Waals surface area (Å²) < 4.78 is 23.5. The number of aliphatic hydroxyl groups is 1. The summed E-state index contributed by atoms with van der Waals surface area (Å²) in [7, 11) is -8.03. The standard InChI is InChI=1S/C2H8O6P2.2Na/c3-1-2-10(6,7)8-9(4)5;;/h3,9H,1-2H2,(H,4,5)(H,6,7);;/q;2*+1/p-2. The van der Waals surface area contributed by atoms with Crippen molar-refractivity contribution in [2.45, 2.75) is 0 Å². The van der Waals surface area contributed by atoms with Crippen molar-refractivity contribution in [3.05, 3.63) is 0 Å². The molecule has 0 saturated carbocycles. The molecule has 0 aromatic carbocycles. The fourth-order valence-electron chi connectivity index (χ4n) is 0.282. The van der Waals surface area contributed by atoms with Crippen LogP contribution in [0.15, 0.2) is 0 Å². The monoisotopic (exact) mass is 234 g/mol.